The van der Waals surface area contributed by atoms with Gasteiger partial charge in [0.05, 0.1) is 0 Å². The van der Waals surface area contributed by atoms with E-state index in [9.17, 15) is 9.59 Å². The van der Waals surface area contributed by atoms with Gasteiger partial charge >= 0.3 is 5.97 Å². The molecule has 0 atom stereocenters. The first-order valence-electron chi connectivity index (χ1n) is 13.0. The molecule has 0 bridgehead atoms. The Hall–Kier alpha value is -2.42. The molecule has 0 heterocycles. The third-order valence-electron chi connectivity index (χ3n) is 6.08. The number of allylic oxidation sites excluding steroid dienone is 2. The molecule has 0 aromatic heterocycles. The lowest BCUT2D eigenvalue weighted by atomic mass is 10.0. The second-order valence-corrected chi connectivity index (χ2v) is 8.98. The Morgan fingerprint density at radius 3 is 2.03 bits per heavy atom. The molecule has 2 rings (SSSR count). The van der Waals surface area contributed by atoms with Crippen molar-refractivity contribution in [3.05, 3.63) is 60.2 Å². The molecule has 0 saturated heterocycles. The summed E-state index contributed by atoms with van der Waals surface area (Å²) in [7, 11) is 0. The number of ether oxygens (including phenoxy) is 1. The van der Waals surface area contributed by atoms with Gasteiger partial charge in [0, 0.05) is 12.0 Å². The summed E-state index contributed by atoms with van der Waals surface area (Å²) in [6.45, 7) is 2.08. The minimum absolute atomic E-state index is 0.152. The van der Waals surface area contributed by atoms with Crippen LogP contribution in [0, 0.1) is 0 Å². The number of hydrogen-bond acceptors (Lipinski definition) is 3. The summed E-state index contributed by atoms with van der Waals surface area (Å²) >= 11 is 0. The van der Waals surface area contributed by atoms with Gasteiger partial charge in [-0.1, -0.05) is 107 Å². The maximum atomic E-state index is 12.3. The third-order valence-corrected chi connectivity index (χ3v) is 6.08. The Balaban J connectivity index is 1.43. The molecule has 0 aliphatic carbocycles. The van der Waals surface area contributed by atoms with Crippen LogP contribution in [0.5, 0.6) is 0 Å². The van der Waals surface area contributed by atoms with Crippen molar-refractivity contribution in [2.75, 3.05) is 6.61 Å². The molecule has 3 nitrogen and oxygen atoms in total. The van der Waals surface area contributed by atoms with Crippen LogP contribution in [-0.2, 0) is 9.53 Å². The first-order chi connectivity index (χ1) is 16.2. The van der Waals surface area contributed by atoms with Crippen LogP contribution in [0.4, 0.5) is 0 Å². The van der Waals surface area contributed by atoms with Crippen molar-refractivity contribution >= 4 is 22.5 Å². The first-order valence-corrected chi connectivity index (χ1v) is 13.0. The van der Waals surface area contributed by atoms with Gasteiger partial charge < -0.3 is 4.74 Å². The van der Waals surface area contributed by atoms with E-state index in [1.165, 1.54) is 64.2 Å². The second-order valence-electron chi connectivity index (χ2n) is 8.98. The lowest BCUT2D eigenvalue weighted by Crippen LogP contribution is -2.14. The largest absolute Gasteiger partial charge is 0.457 e. The Bertz CT molecular complexity index is 852. The first kappa shape index (κ1) is 26.8. The number of carbonyl (C=O) groups excluding carboxylic acids is 2. The third kappa shape index (κ3) is 11.8. The van der Waals surface area contributed by atoms with Gasteiger partial charge in [0.15, 0.2) is 12.4 Å². The van der Waals surface area contributed by atoms with Crippen LogP contribution in [-0.4, -0.2) is 18.4 Å². The number of hydrogen-bond donors (Lipinski definition) is 0. The van der Waals surface area contributed by atoms with E-state index < -0.39 is 0 Å². The van der Waals surface area contributed by atoms with Crippen molar-refractivity contribution in [1.29, 1.82) is 0 Å². The summed E-state index contributed by atoms with van der Waals surface area (Å²) in [5, 5.41) is 2.11. The summed E-state index contributed by atoms with van der Waals surface area (Å²) in [6.07, 6.45) is 21.0. The molecule has 180 valence electrons. The molecule has 0 unspecified atom stereocenters. The lowest BCUT2D eigenvalue weighted by Gasteiger charge is -2.06. The molecular weight excluding hydrogens is 408 g/mol. The van der Waals surface area contributed by atoms with E-state index >= 15 is 0 Å². The van der Waals surface area contributed by atoms with Gasteiger partial charge in [-0.05, 0) is 48.9 Å². The fourth-order valence-corrected chi connectivity index (χ4v) is 4.00. The number of esters is 1. The minimum Gasteiger partial charge on any atom is -0.457 e. The number of carbonyl (C=O) groups is 2. The number of unbranched alkanes of at least 4 members (excludes halogenated alkanes) is 11. The molecular formula is C30H42O3. The van der Waals surface area contributed by atoms with Crippen molar-refractivity contribution in [1.82, 2.24) is 0 Å². The maximum absolute atomic E-state index is 12.3. The van der Waals surface area contributed by atoms with Crippen LogP contribution >= 0.6 is 0 Å². The smallest absolute Gasteiger partial charge is 0.306 e. The van der Waals surface area contributed by atoms with Crippen molar-refractivity contribution in [3.63, 3.8) is 0 Å². The number of rotatable bonds is 18. The molecule has 33 heavy (non-hydrogen) atoms. The van der Waals surface area contributed by atoms with E-state index in [1.54, 1.807) is 6.07 Å². The number of ketones is 1. The molecule has 0 aliphatic rings. The molecule has 0 saturated carbocycles. The van der Waals surface area contributed by atoms with Gasteiger partial charge in [0.25, 0.3) is 0 Å². The fraction of sp³-hybridized carbons (Fsp3) is 0.533. The normalized spacial score (nSPS) is 11.3. The average molecular weight is 451 g/mol. The Morgan fingerprint density at radius 1 is 0.727 bits per heavy atom. The molecule has 0 radical (unpaired) electrons. The van der Waals surface area contributed by atoms with Crippen molar-refractivity contribution < 1.29 is 14.3 Å². The summed E-state index contributed by atoms with van der Waals surface area (Å²) in [6, 6.07) is 13.5. The minimum atomic E-state index is -0.273. The predicted octanol–water partition coefficient (Wildman–Crippen LogP) is 8.60. The van der Waals surface area contributed by atoms with Gasteiger partial charge in [-0.2, -0.15) is 0 Å². The van der Waals surface area contributed by atoms with E-state index in [0.717, 1.165) is 30.0 Å². The van der Waals surface area contributed by atoms with Gasteiger partial charge in [0.2, 0.25) is 0 Å². The number of Topliss-reactive ketones (excluding diaryl/α,β-unsaturated/α-hetero) is 1. The molecule has 0 fully saturated rings. The molecule has 2 aromatic rings. The van der Waals surface area contributed by atoms with E-state index in [-0.39, 0.29) is 18.4 Å². The summed E-state index contributed by atoms with van der Waals surface area (Å²) in [4.78, 5) is 24.3. The van der Waals surface area contributed by atoms with E-state index in [0.29, 0.717) is 12.0 Å². The SMILES string of the molecule is CCCCCC/C=C\CCCCCCCCCC(=O)OCC(=O)c1ccc2ccccc2c1. The van der Waals surface area contributed by atoms with E-state index in [4.69, 9.17) is 4.74 Å². The topological polar surface area (TPSA) is 43.4 Å². The number of fused-ring (bicyclic) bond motifs is 1. The lowest BCUT2D eigenvalue weighted by molar-refractivity contribution is -0.142. The molecule has 0 aliphatic heterocycles. The van der Waals surface area contributed by atoms with Crippen molar-refractivity contribution in [2.45, 2.75) is 96.8 Å². The highest BCUT2D eigenvalue weighted by Crippen LogP contribution is 2.16. The highest BCUT2D eigenvalue weighted by Gasteiger charge is 2.10. The maximum Gasteiger partial charge on any atom is 0.306 e. The highest BCUT2D eigenvalue weighted by atomic mass is 16.5. The molecule has 0 N–H and O–H groups in total. The zero-order valence-corrected chi connectivity index (χ0v) is 20.5. The molecule has 0 amide bonds. The van der Waals surface area contributed by atoms with Crippen LogP contribution in [0.15, 0.2) is 54.6 Å². The monoisotopic (exact) mass is 450 g/mol. The highest BCUT2D eigenvalue weighted by molar-refractivity contribution is 6.01. The predicted molar refractivity (Wildman–Crippen MR) is 139 cm³/mol. The fourth-order valence-electron chi connectivity index (χ4n) is 4.00. The summed E-state index contributed by atoms with van der Waals surface area (Å²) in [5.41, 5.74) is 0.587. The van der Waals surface area contributed by atoms with Crippen LogP contribution in [0.3, 0.4) is 0 Å². The van der Waals surface area contributed by atoms with Gasteiger partial charge in [-0.15, -0.1) is 0 Å². The Kier molecular flexibility index (Phi) is 13.9. The molecule has 3 heteroatoms. The summed E-state index contributed by atoms with van der Waals surface area (Å²) in [5.74, 6) is -0.425. The zero-order chi connectivity index (χ0) is 23.6. The standard InChI is InChI=1S/C30H42O3/c1-2-3-4-5-6-7-8-9-10-11-12-13-14-15-16-21-30(32)33-25-29(31)28-23-22-26-19-17-18-20-27(26)24-28/h7-8,17-20,22-24H,2-6,9-16,21,25H2,1H3/b8-7-. The van der Waals surface area contributed by atoms with Crippen molar-refractivity contribution in [3.8, 4) is 0 Å². The Morgan fingerprint density at radius 2 is 1.33 bits per heavy atom. The van der Waals surface area contributed by atoms with Crippen LogP contribution in [0.2, 0.25) is 0 Å². The molecule has 0 spiro atoms. The average Bonchev–Trinajstić information content (AvgIpc) is 2.84. The van der Waals surface area contributed by atoms with E-state index in [1.807, 2.05) is 36.4 Å². The van der Waals surface area contributed by atoms with Crippen LogP contribution in [0.1, 0.15) is 107 Å². The van der Waals surface area contributed by atoms with Crippen LogP contribution < -0.4 is 0 Å². The van der Waals surface area contributed by atoms with Crippen LogP contribution in [0.25, 0.3) is 10.8 Å². The van der Waals surface area contributed by atoms with Crippen molar-refractivity contribution in [2.24, 2.45) is 0 Å². The van der Waals surface area contributed by atoms with E-state index in [2.05, 4.69) is 19.1 Å². The number of benzene rings is 2. The second kappa shape index (κ2) is 17.1. The summed E-state index contributed by atoms with van der Waals surface area (Å²) < 4.78 is 5.19. The molecule has 2 aromatic carbocycles. The Labute approximate surface area is 200 Å². The van der Waals surface area contributed by atoms with Gasteiger partial charge in [0.1, 0.15) is 0 Å². The quantitative estimate of drug-likeness (QED) is 0.0988. The van der Waals surface area contributed by atoms with Gasteiger partial charge in [-0.25, -0.2) is 0 Å². The van der Waals surface area contributed by atoms with Gasteiger partial charge in [-0.3, -0.25) is 9.59 Å². The zero-order valence-electron chi connectivity index (χ0n) is 20.5.